The van der Waals surface area contributed by atoms with Crippen molar-refractivity contribution in [2.45, 2.75) is 65.3 Å². The van der Waals surface area contributed by atoms with Crippen LogP contribution in [0.2, 0.25) is 5.02 Å². The number of halogens is 1. The number of rotatable bonds is 6. The van der Waals surface area contributed by atoms with Crippen LogP contribution in [0.5, 0.6) is 0 Å². The minimum atomic E-state index is -0.410. The lowest BCUT2D eigenvalue weighted by Crippen LogP contribution is -2.60. The van der Waals surface area contributed by atoms with E-state index in [1.807, 2.05) is 37.4 Å². The summed E-state index contributed by atoms with van der Waals surface area (Å²) in [5, 5.41) is 10.6. The van der Waals surface area contributed by atoms with Crippen LogP contribution in [0.25, 0.3) is 0 Å². The Morgan fingerprint density at radius 2 is 1.75 bits per heavy atom. The molecule has 1 N–H and O–H groups in total. The van der Waals surface area contributed by atoms with Crippen molar-refractivity contribution in [2.75, 3.05) is 32.7 Å². The number of nitrogens with zero attached hydrogens (tertiary/aromatic N) is 4. The van der Waals surface area contributed by atoms with Gasteiger partial charge in [-0.1, -0.05) is 50.6 Å². The number of piperazine rings is 1. The van der Waals surface area contributed by atoms with Crippen molar-refractivity contribution in [2.24, 2.45) is 11.3 Å². The lowest BCUT2D eigenvalue weighted by Gasteiger charge is -2.49. The van der Waals surface area contributed by atoms with Gasteiger partial charge in [-0.05, 0) is 60.9 Å². The van der Waals surface area contributed by atoms with Gasteiger partial charge in [-0.25, -0.2) is 0 Å². The molecule has 0 spiro atoms. The van der Waals surface area contributed by atoms with E-state index in [-0.39, 0.29) is 23.4 Å². The van der Waals surface area contributed by atoms with E-state index in [1.165, 1.54) is 0 Å². The number of likely N-dealkylation sites (tertiary alicyclic amines) is 1. The number of carbonyl (C=O) groups is 1. The van der Waals surface area contributed by atoms with E-state index in [0.717, 1.165) is 55.3 Å². The third kappa shape index (κ3) is 6.46. The second kappa shape index (κ2) is 11.6. The lowest BCUT2D eigenvalue weighted by molar-refractivity contribution is -0.141. The number of aliphatic hydroxyl groups is 1. The second-order valence-corrected chi connectivity index (χ2v) is 11.9. The Kier molecular flexibility index (Phi) is 8.71. The third-order valence-corrected chi connectivity index (χ3v) is 8.14. The van der Waals surface area contributed by atoms with Gasteiger partial charge >= 0.3 is 0 Å². The number of hydrogen-bond donors (Lipinski definition) is 1. The predicted octanol–water partition coefficient (Wildman–Crippen LogP) is 4.82. The molecule has 2 saturated heterocycles. The third-order valence-electron chi connectivity index (χ3n) is 7.89. The van der Waals surface area contributed by atoms with Gasteiger partial charge in [-0.3, -0.25) is 19.6 Å². The number of pyridine rings is 1. The molecule has 1 aromatic carbocycles. The van der Waals surface area contributed by atoms with Gasteiger partial charge in [0.1, 0.15) is 6.23 Å². The number of aromatic nitrogens is 1. The van der Waals surface area contributed by atoms with Crippen molar-refractivity contribution in [3.05, 3.63) is 64.9 Å². The molecule has 2 aliphatic rings. The van der Waals surface area contributed by atoms with Crippen LogP contribution in [0.3, 0.4) is 0 Å². The first-order valence-corrected chi connectivity index (χ1v) is 13.6. The van der Waals surface area contributed by atoms with E-state index in [9.17, 15) is 9.90 Å². The van der Waals surface area contributed by atoms with Crippen molar-refractivity contribution in [3.8, 4) is 0 Å². The zero-order chi connectivity index (χ0) is 25.9. The van der Waals surface area contributed by atoms with E-state index in [1.54, 1.807) is 0 Å². The van der Waals surface area contributed by atoms with Crippen molar-refractivity contribution in [1.29, 1.82) is 0 Å². The van der Waals surface area contributed by atoms with Crippen molar-refractivity contribution >= 4 is 17.5 Å². The molecule has 2 fully saturated rings. The molecule has 2 unspecified atom stereocenters. The van der Waals surface area contributed by atoms with Crippen LogP contribution in [0.1, 0.15) is 64.3 Å². The number of amides is 1. The molecule has 7 heteroatoms. The van der Waals surface area contributed by atoms with Crippen LogP contribution in [0, 0.1) is 11.3 Å². The lowest BCUT2D eigenvalue weighted by atomic mass is 9.82. The standard InChI is InChI=1S/C29H41ClN4O2/c1-21(35)32-15-12-22(13-16-32)19-27(36)34-18-17-33(20-26(34)29(2,3)4)28(25-7-5-6-14-31-25)23-8-10-24(30)11-9-23/h5-11,14,21-22,26,28,35H,12-13,15-20H2,1-4H3/t21?,26-,28?/m1/s1. The molecule has 0 bridgehead atoms. The van der Waals surface area contributed by atoms with E-state index in [2.05, 4.69) is 53.7 Å². The molecule has 0 radical (unpaired) electrons. The number of hydrogen-bond acceptors (Lipinski definition) is 5. The second-order valence-electron chi connectivity index (χ2n) is 11.5. The van der Waals surface area contributed by atoms with Gasteiger partial charge in [0, 0.05) is 56.4 Å². The van der Waals surface area contributed by atoms with Crippen LogP contribution < -0.4 is 0 Å². The average Bonchev–Trinajstić information content (AvgIpc) is 2.86. The summed E-state index contributed by atoms with van der Waals surface area (Å²) >= 11 is 6.20. The quantitative estimate of drug-likeness (QED) is 0.601. The van der Waals surface area contributed by atoms with Crippen molar-refractivity contribution in [1.82, 2.24) is 19.7 Å². The monoisotopic (exact) mass is 512 g/mol. The summed E-state index contributed by atoms with van der Waals surface area (Å²) < 4.78 is 0. The molecule has 2 aliphatic heterocycles. The Morgan fingerprint density at radius 1 is 1.06 bits per heavy atom. The summed E-state index contributed by atoms with van der Waals surface area (Å²) in [5.74, 6) is 0.660. The van der Waals surface area contributed by atoms with Crippen molar-refractivity contribution in [3.63, 3.8) is 0 Å². The molecule has 36 heavy (non-hydrogen) atoms. The van der Waals surface area contributed by atoms with Crippen LogP contribution in [-0.4, -0.2) is 75.7 Å². The topological polar surface area (TPSA) is 59.9 Å². The largest absolute Gasteiger partial charge is 0.379 e. The van der Waals surface area contributed by atoms with Crippen molar-refractivity contribution < 1.29 is 9.90 Å². The summed E-state index contributed by atoms with van der Waals surface area (Å²) in [6, 6.07) is 14.2. The molecule has 2 aromatic rings. The molecular weight excluding hydrogens is 472 g/mol. The van der Waals surface area contributed by atoms with Gasteiger partial charge < -0.3 is 10.0 Å². The summed E-state index contributed by atoms with van der Waals surface area (Å²) in [7, 11) is 0. The summed E-state index contributed by atoms with van der Waals surface area (Å²) in [5.41, 5.74) is 2.12. The van der Waals surface area contributed by atoms with Crippen LogP contribution in [0.15, 0.2) is 48.7 Å². The van der Waals surface area contributed by atoms with Gasteiger partial charge in [0.05, 0.1) is 11.7 Å². The van der Waals surface area contributed by atoms with Gasteiger partial charge in [0.15, 0.2) is 0 Å². The molecule has 4 rings (SSSR count). The molecule has 6 nitrogen and oxygen atoms in total. The minimum absolute atomic E-state index is 0.00960. The maximum Gasteiger partial charge on any atom is 0.223 e. The smallest absolute Gasteiger partial charge is 0.223 e. The molecule has 3 heterocycles. The van der Waals surface area contributed by atoms with E-state index in [0.29, 0.717) is 18.9 Å². The fraction of sp³-hybridized carbons (Fsp3) is 0.586. The minimum Gasteiger partial charge on any atom is -0.379 e. The molecular formula is C29H41ClN4O2. The summed E-state index contributed by atoms with van der Waals surface area (Å²) in [4.78, 5) is 25.0. The van der Waals surface area contributed by atoms with Crippen LogP contribution in [-0.2, 0) is 4.79 Å². The Hall–Kier alpha value is -1.99. The number of benzene rings is 1. The number of carbonyl (C=O) groups excluding carboxylic acids is 1. The van der Waals surface area contributed by atoms with E-state index < -0.39 is 6.23 Å². The first-order valence-electron chi connectivity index (χ1n) is 13.3. The maximum atomic E-state index is 13.6. The zero-order valence-electron chi connectivity index (χ0n) is 22.1. The Morgan fingerprint density at radius 3 is 2.33 bits per heavy atom. The first kappa shape index (κ1) is 27.1. The molecule has 1 amide bonds. The normalized spacial score (nSPS) is 22.4. The highest BCUT2D eigenvalue weighted by atomic mass is 35.5. The highest BCUT2D eigenvalue weighted by Crippen LogP contribution is 2.35. The average molecular weight is 513 g/mol. The molecule has 0 aliphatic carbocycles. The zero-order valence-corrected chi connectivity index (χ0v) is 22.9. The van der Waals surface area contributed by atoms with E-state index in [4.69, 9.17) is 16.6 Å². The fourth-order valence-corrected chi connectivity index (χ4v) is 5.85. The fourth-order valence-electron chi connectivity index (χ4n) is 5.72. The highest BCUT2D eigenvalue weighted by Gasteiger charge is 2.41. The molecule has 1 aromatic heterocycles. The van der Waals surface area contributed by atoms with Gasteiger partial charge in [-0.2, -0.15) is 0 Å². The molecule has 196 valence electrons. The van der Waals surface area contributed by atoms with E-state index >= 15 is 0 Å². The van der Waals surface area contributed by atoms with Crippen LogP contribution in [0.4, 0.5) is 0 Å². The van der Waals surface area contributed by atoms with Crippen LogP contribution >= 0.6 is 11.6 Å². The molecule has 3 atom stereocenters. The summed E-state index contributed by atoms with van der Waals surface area (Å²) in [6.07, 6.45) is 3.97. The summed E-state index contributed by atoms with van der Waals surface area (Å²) in [6.45, 7) is 12.5. The van der Waals surface area contributed by atoms with Gasteiger partial charge in [0.2, 0.25) is 5.91 Å². The number of aliphatic hydroxyl groups excluding tert-OH is 1. The molecule has 0 saturated carbocycles. The Bertz CT molecular complexity index is 985. The first-order chi connectivity index (χ1) is 17.1. The highest BCUT2D eigenvalue weighted by molar-refractivity contribution is 6.30. The Balaban J connectivity index is 1.51. The van der Waals surface area contributed by atoms with Gasteiger partial charge in [0.25, 0.3) is 0 Å². The predicted molar refractivity (Wildman–Crippen MR) is 145 cm³/mol. The number of piperidine rings is 1. The SMILES string of the molecule is CC(O)N1CCC(CC(=O)N2CCN(C(c3ccc(Cl)cc3)c3ccccn3)C[C@@H]2C(C)(C)C)CC1. The Labute approximate surface area is 221 Å². The van der Waals surface area contributed by atoms with Gasteiger partial charge in [-0.15, -0.1) is 0 Å². The maximum absolute atomic E-state index is 13.6.